The number of sulfonamides is 1. The molecule has 39 heavy (non-hydrogen) atoms. The molecule has 1 unspecified atom stereocenters. The van der Waals surface area contributed by atoms with Crippen molar-refractivity contribution in [2.75, 3.05) is 19.6 Å². The molecule has 1 saturated heterocycles. The molecule has 1 saturated carbocycles. The van der Waals surface area contributed by atoms with E-state index in [1.807, 2.05) is 6.92 Å². The number of imide groups is 1. The molecule has 0 aromatic carbocycles. The van der Waals surface area contributed by atoms with Crippen LogP contribution in [0.15, 0.2) is 34.4 Å². The van der Waals surface area contributed by atoms with Crippen molar-refractivity contribution in [3.05, 3.63) is 41.3 Å². The van der Waals surface area contributed by atoms with Gasteiger partial charge in [0.25, 0.3) is 0 Å². The number of allylic oxidation sites excluding steroid dienone is 1. The highest BCUT2D eigenvalue weighted by Crippen LogP contribution is 2.36. The van der Waals surface area contributed by atoms with E-state index in [4.69, 9.17) is 9.26 Å². The predicted octanol–water partition coefficient (Wildman–Crippen LogP) is 2.10. The van der Waals surface area contributed by atoms with Crippen LogP contribution < -0.4 is 4.72 Å². The van der Waals surface area contributed by atoms with Gasteiger partial charge in [-0.3, -0.25) is 0 Å². The lowest BCUT2D eigenvalue weighted by molar-refractivity contribution is -0.449. The fraction of sp³-hybridized carbons (Fsp3) is 0.577. The molecule has 13 heteroatoms. The first kappa shape index (κ1) is 27.3. The van der Waals surface area contributed by atoms with Gasteiger partial charge in [0.15, 0.2) is 12.3 Å². The Morgan fingerprint density at radius 2 is 1.97 bits per heavy atom. The Morgan fingerprint density at radius 3 is 2.56 bits per heavy atom. The number of aromatic nitrogens is 1. The number of ether oxygens (including phenoxy) is 1. The molecule has 0 radical (unpaired) electrons. The Hall–Kier alpha value is -3.32. The number of likely N-dealkylation sites (tertiary alicyclic amines) is 1. The van der Waals surface area contributed by atoms with Crippen LogP contribution in [0.3, 0.4) is 0 Å². The van der Waals surface area contributed by atoms with Crippen LogP contribution in [0.5, 0.6) is 0 Å². The van der Waals surface area contributed by atoms with Crippen LogP contribution in [0, 0.1) is 12.8 Å². The molecule has 3 heterocycles. The van der Waals surface area contributed by atoms with Crippen molar-refractivity contribution in [3.63, 3.8) is 0 Å². The largest absolute Gasteiger partial charge is 0.501 e. The molecular formula is C26H34N5O7S+. The molecular weight excluding hydrogens is 526 g/mol. The zero-order valence-corrected chi connectivity index (χ0v) is 23.6. The number of urea groups is 1. The van der Waals surface area contributed by atoms with Crippen molar-refractivity contribution in [1.29, 1.82) is 0 Å². The average Bonchev–Trinajstić information content (AvgIpc) is 3.37. The van der Waals surface area contributed by atoms with Gasteiger partial charge < -0.3 is 14.2 Å². The third-order valence-electron chi connectivity index (χ3n) is 7.07. The number of rotatable bonds is 7. The first-order chi connectivity index (χ1) is 18.1. The molecule has 12 nitrogen and oxygen atoms in total. The van der Waals surface area contributed by atoms with Crippen LogP contribution in [0.2, 0.25) is 0 Å². The lowest BCUT2D eigenvalue weighted by atomic mass is 9.96. The Balaban J connectivity index is 1.41. The fourth-order valence-electron chi connectivity index (χ4n) is 4.75. The minimum absolute atomic E-state index is 0.0517. The molecule has 1 aromatic heterocycles. The topological polar surface area (TPSA) is 142 Å². The molecule has 2 aliphatic carbocycles. The van der Waals surface area contributed by atoms with Gasteiger partial charge in [0.1, 0.15) is 28.7 Å². The van der Waals surface area contributed by atoms with Crippen LogP contribution >= 0.6 is 0 Å². The molecule has 210 valence electrons. The van der Waals surface area contributed by atoms with E-state index in [1.54, 1.807) is 38.7 Å². The van der Waals surface area contributed by atoms with Crippen molar-refractivity contribution in [2.24, 2.45) is 5.92 Å². The van der Waals surface area contributed by atoms with Gasteiger partial charge in [0.05, 0.1) is 5.69 Å². The van der Waals surface area contributed by atoms with Gasteiger partial charge in [-0.1, -0.05) is 11.2 Å². The monoisotopic (exact) mass is 560 g/mol. The van der Waals surface area contributed by atoms with Crippen LogP contribution in [-0.4, -0.2) is 87.7 Å². The predicted molar refractivity (Wildman–Crippen MR) is 139 cm³/mol. The van der Waals surface area contributed by atoms with E-state index in [0.29, 0.717) is 30.3 Å². The second-order valence-corrected chi connectivity index (χ2v) is 13.8. The standard InChI is InChI=1S/C26H34N5O7S/c1-16-10-18(38-27-16)15-31-22(32)20-11-19(39(35,36)28-26(5)8-9-26)6-7-21(20)30(23(31)33)14-17-12-29(13-17)24(34)37-25(2,3)4/h6-7,10-11,17,19,28H,8-9,12-15H2,1-5H3/q+1. The Labute approximate surface area is 227 Å². The number of hydrogen-bond acceptors (Lipinski definition) is 8. The van der Waals surface area contributed by atoms with Crippen molar-refractivity contribution >= 4 is 33.8 Å². The number of nitrogens with zero attached hydrogens (tertiary/aromatic N) is 4. The van der Waals surface area contributed by atoms with Gasteiger partial charge in [-0.2, -0.15) is 9.37 Å². The van der Waals surface area contributed by atoms with Crippen molar-refractivity contribution < 1.29 is 36.6 Å². The molecule has 4 aliphatic rings. The number of carbonyl (C=O) groups excluding carboxylic acids is 3. The maximum Gasteiger partial charge on any atom is 0.501 e. The van der Waals surface area contributed by atoms with Crippen molar-refractivity contribution in [2.45, 2.75) is 70.4 Å². The third-order valence-corrected chi connectivity index (χ3v) is 8.85. The average molecular weight is 561 g/mol. The van der Waals surface area contributed by atoms with Gasteiger partial charge in [-0.05, 0) is 59.6 Å². The normalized spacial score (nSPS) is 23.0. The molecule has 0 bridgehead atoms. The number of hydrogen-bond donors (Lipinski definition) is 1. The van der Waals surface area contributed by atoms with E-state index in [9.17, 15) is 22.8 Å². The van der Waals surface area contributed by atoms with Crippen LogP contribution in [-0.2, 0) is 26.1 Å². The molecule has 1 aromatic rings. The summed E-state index contributed by atoms with van der Waals surface area (Å²) >= 11 is 0. The first-order valence-electron chi connectivity index (χ1n) is 13.0. The highest BCUT2D eigenvalue weighted by molar-refractivity contribution is 7.90. The third kappa shape index (κ3) is 5.69. The maximum atomic E-state index is 13.6. The Bertz CT molecular complexity index is 1420. The molecule has 4 amide bonds. The van der Waals surface area contributed by atoms with E-state index >= 15 is 0 Å². The van der Waals surface area contributed by atoms with Gasteiger partial charge in [0.2, 0.25) is 10.0 Å². The summed E-state index contributed by atoms with van der Waals surface area (Å²) in [4.78, 5) is 42.1. The zero-order chi connectivity index (χ0) is 28.3. The van der Waals surface area contributed by atoms with Crippen LogP contribution in [0.1, 0.15) is 52.0 Å². The summed E-state index contributed by atoms with van der Waals surface area (Å²) in [5.41, 5.74) is 0.000573. The second-order valence-electron chi connectivity index (χ2n) is 12.0. The van der Waals surface area contributed by atoms with Gasteiger partial charge in [-0.25, -0.2) is 22.7 Å². The minimum atomic E-state index is -3.79. The van der Waals surface area contributed by atoms with Gasteiger partial charge >= 0.3 is 18.0 Å². The summed E-state index contributed by atoms with van der Waals surface area (Å²) in [5.74, 6) is -0.326. The Kier molecular flexibility index (Phi) is 6.57. The zero-order valence-electron chi connectivity index (χ0n) is 22.8. The summed E-state index contributed by atoms with van der Waals surface area (Å²) in [7, 11) is -3.79. The molecule has 2 aliphatic heterocycles. The van der Waals surface area contributed by atoms with E-state index in [2.05, 4.69) is 9.88 Å². The fourth-order valence-corrected chi connectivity index (χ4v) is 6.38. The first-order valence-corrected chi connectivity index (χ1v) is 14.5. The van der Waals surface area contributed by atoms with Crippen LogP contribution in [0.25, 0.3) is 0 Å². The molecule has 1 atom stereocenters. The number of carbonyl (C=O) groups is 3. The minimum Gasteiger partial charge on any atom is -0.444 e. The van der Waals surface area contributed by atoms with Gasteiger partial charge in [-0.15, -0.1) is 4.90 Å². The Morgan fingerprint density at radius 1 is 1.28 bits per heavy atom. The van der Waals surface area contributed by atoms with E-state index in [0.717, 1.165) is 17.7 Å². The summed E-state index contributed by atoms with van der Waals surface area (Å²) < 4.78 is 41.0. The second kappa shape index (κ2) is 9.40. The SMILES string of the molecule is Cc1cc(CN2C(=O)C3=CC(S(=O)(=O)NC4(C)CC4)C=CC3=[N+](CC3CN(C(=O)OC(C)(C)C)C3)C2=O)on1. The van der Waals surface area contributed by atoms with Crippen molar-refractivity contribution in [3.8, 4) is 0 Å². The number of nitrogens with one attached hydrogen (secondary N) is 1. The quantitative estimate of drug-likeness (QED) is 0.500. The van der Waals surface area contributed by atoms with E-state index in [-0.39, 0.29) is 24.6 Å². The summed E-state index contributed by atoms with van der Waals surface area (Å²) in [6, 6.07) is 1.09. The number of fused-ring (bicyclic) bond motifs is 1. The summed E-state index contributed by atoms with van der Waals surface area (Å²) in [5, 5.41) is 2.77. The molecule has 0 spiro atoms. The van der Waals surface area contributed by atoms with E-state index < -0.39 is 44.4 Å². The molecule has 5 rings (SSSR count). The van der Waals surface area contributed by atoms with Gasteiger partial charge in [0, 0.05) is 30.6 Å². The molecule has 1 N–H and O–H groups in total. The summed E-state index contributed by atoms with van der Waals surface area (Å²) in [6.45, 7) is 9.84. The molecule has 2 fully saturated rings. The van der Waals surface area contributed by atoms with E-state index in [1.165, 1.54) is 22.8 Å². The highest BCUT2D eigenvalue weighted by Gasteiger charge is 2.49. The number of amides is 4. The lowest BCUT2D eigenvalue weighted by Gasteiger charge is -2.39. The highest BCUT2D eigenvalue weighted by atomic mass is 32.2. The number of aryl methyl sites for hydroxylation is 1. The lowest BCUT2D eigenvalue weighted by Crippen LogP contribution is -2.58. The summed E-state index contributed by atoms with van der Waals surface area (Å²) in [6.07, 6.45) is 5.51. The van der Waals surface area contributed by atoms with Crippen LogP contribution in [0.4, 0.5) is 9.59 Å². The van der Waals surface area contributed by atoms with Crippen molar-refractivity contribution in [1.82, 2.24) is 19.7 Å². The maximum absolute atomic E-state index is 13.6. The smallest absolute Gasteiger partial charge is 0.444 e.